The van der Waals surface area contributed by atoms with Crippen molar-refractivity contribution in [3.63, 3.8) is 0 Å². The Bertz CT molecular complexity index is 859. The van der Waals surface area contributed by atoms with Crippen LogP contribution in [-0.4, -0.2) is 59.2 Å². The van der Waals surface area contributed by atoms with Gasteiger partial charge >= 0.3 is 0 Å². The minimum Gasteiger partial charge on any atom is -0.497 e. The van der Waals surface area contributed by atoms with E-state index in [2.05, 4.69) is 27.0 Å². The third kappa shape index (κ3) is 4.79. The van der Waals surface area contributed by atoms with Gasteiger partial charge in [0, 0.05) is 32.2 Å². The fourth-order valence-electron chi connectivity index (χ4n) is 4.34. The monoisotopic (exact) mass is 398 g/mol. The Hall–Kier alpha value is -2.38. The van der Waals surface area contributed by atoms with Crippen LogP contribution < -0.4 is 15.2 Å². The van der Waals surface area contributed by atoms with Crippen molar-refractivity contribution in [1.29, 1.82) is 0 Å². The van der Waals surface area contributed by atoms with Gasteiger partial charge in [-0.1, -0.05) is 12.1 Å². The number of methoxy groups -OCH3 is 1. The summed E-state index contributed by atoms with van der Waals surface area (Å²) in [6, 6.07) is 9.97. The van der Waals surface area contributed by atoms with Gasteiger partial charge in [-0.2, -0.15) is 5.10 Å². The smallest absolute Gasteiger partial charge is 0.269 e. The van der Waals surface area contributed by atoms with E-state index in [0.717, 1.165) is 69.8 Å². The summed E-state index contributed by atoms with van der Waals surface area (Å²) in [6.07, 6.45) is 5.10. The number of piperidine rings is 2. The molecule has 3 heterocycles. The zero-order chi connectivity index (χ0) is 20.2. The Balaban J connectivity index is 1.41. The van der Waals surface area contributed by atoms with Crippen molar-refractivity contribution in [1.82, 2.24) is 14.7 Å². The molecule has 0 spiro atoms. The SMILES string of the molecule is COc1ccc(CN2CCCC(n3ncc(N4CCC(O)CC4)cc3=O)C2)cc1. The Morgan fingerprint density at radius 2 is 1.90 bits per heavy atom. The normalized spacial score (nSPS) is 21.3. The van der Waals surface area contributed by atoms with Gasteiger partial charge in [-0.15, -0.1) is 0 Å². The van der Waals surface area contributed by atoms with Crippen LogP contribution in [0.4, 0.5) is 5.69 Å². The maximum atomic E-state index is 12.8. The summed E-state index contributed by atoms with van der Waals surface area (Å²) in [5, 5.41) is 14.2. The summed E-state index contributed by atoms with van der Waals surface area (Å²) < 4.78 is 6.89. The van der Waals surface area contributed by atoms with E-state index in [0.29, 0.717) is 0 Å². The molecule has 0 radical (unpaired) electrons. The molecule has 29 heavy (non-hydrogen) atoms. The molecule has 2 aliphatic rings. The second-order valence-electron chi connectivity index (χ2n) is 8.09. The first kappa shape index (κ1) is 19.9. The standard InChI is InChI=1S/C22H30N4O3/c1-29-21-6-4-17(5-7-21)15-24-10-2-3-18(16-24)26-22(28)13-19(14-23-26)25-11-8-20(27)9-12-25/h4-7,13-14,18,20,27H,2-3,8-12,15-16H2,1H3. The van der Waals surface area contributed by atoms with Gasteiger partial charge in [-0.3, -0.25) is 9.69 Å². The van der Waals surface area contributed by atoms with Crippen molar-refractivity contribution in [2.75, 3.05) is 38.2 Å². The number of anilines is 1. The second kappa shape index (κ2) is 8.97. The average Bonchev–Trinajstić information content (AvgIpc) is 2.75. The van der Waals surface area contributed by atoms with Gasteiger partial charge in [0.15, 0.2) is 0 Å². The average molecular weight is 399 g/mol. The molecule has 1 atom stereocenters. The molecule has 4 rings (SSSR count). The highest BCUT2D eigenvalue weighted by molar-refractivity contribution is 5.43. The topological polar surface area (TPSA) is 70.8 Å². The van der Waals surface area contributed by atoms with Crippen LogP contribution in [-0.2, 0) is 6.54 Å². The lowest BCUT2D eigenvalue weighted by atomic mass is 10.0. The zero-order valence-corrected chi connectivity index (χ0v) is 17.0. The molecule has 2 aromatic rings. The first-order chi connectivity index (χ1) is 14.1. The lowest BCUT2D eigenvalue weighted by Gasteiger charge is -2.34. The number of nitrogens with zero attached hydrogens (tertiary/aromatic N) is 4. The maximum absolute atomic E-state index is 12.8. The highest BCUT2D eigenvalue weighted by atomic mass is 16.5. The molecule has 1 unspecified atom stereocenters. The van der Waals surface area contributed by atoms with Crippen molar-refractivity contribution in [2.24, 2.45) is 0 Å². The van der Waals surface area contributed by atoms with E-state index >= 15 is 0 Å². The van der Waals surface area contributed by atoms with E-state index in [1.165, 1.54) is 5.56 Å². The Morgan fingerprint density at radius 3 is 2.59 bits per heavy atom. The van der Waals surface area contributed by atoms with Crippen LogP contribution in [0, 0.1) is 0 Å². The summed E-state index contributed by atoms with van der Waals surface area (Å²) in [5.74, 6) is 0.865. The number of rotatable bonds is 5. The van der Waals surface area contributed by atoms with Crippen LogP contribution in [0.15, 0.2) is 41.3 Å². The Morgan fingerprint density at radius 1 is 1.14 bits per heavy atom. The van der Waals surface area contributed by atoms with E-state index in [4.69, 9.17) is 4.74 Å². The fourth-order valence-corrected chi connectivity index (χ4v) is 4.34. The molecule has 7 nitrogen and oxygen atoms in total. The number of hydrogen-bond donors (Lipinski definition) is 1. The lowest BCUT2D eigenvalue weighted by molar-refractivity contribution is 0.145. The Kier molecular flexibility index (Phi) is 6.16. The van der Waals surface area contributed by atoms with Crippen LogP contribution in [0.2, 0.25) is 0 Å². The molecule has 1 N–H and O–H groups in total. The van der Waals surface area contributed by atoms with Crippen molar-refractivity contribution < 1.29 is 9.84 Å². The third-order valence-electron chi connectivity index (χ3n) is 6.03. The van der Waals surface area contributed by atoms with Crippen LogP contribution in [0.1, 0.15) is 37.3 Å². The highest BCUT2D eigenvalue weighted by Gasteiger charge is 2.24. The number of hydrogen-bond acceptors (Lipinski definition) is 6. The summed E-state index contributed by atoms with van der Waals surface area (Å²) in [5.41, 5.74) is 2.07. The van der Waals surface area contributed by atoms with Crippen LogP contribution >= 0.6 is 0 Å². The molecule has 2 aliphatic heterocycles. The first-order valence-electron chi connectivity index (χ1n) is 10.5. The molecule has 0 aliphatic carbocycles. The molecule has 1 aromatic heterocycles. The van der Waals surface area contributed by atoms with E-state index in [9.17, 15) is 9.90 Å². The minimum absolute atomic E-state index is 0.0371. The number of likely N-dealkylation sites (tertiary alicyclic amines) is 1. The van der Waals surface area contributed by atoms with Gasteiger partial charge < -0.3 is 14.7 Å². The van der Waals surface area contributed by atoms with E-state index < -0.39 is 0 Å². The Labute approximate surface area is 171 Å². The summed E-state index contributed by atoms with van der Waals surface area (Å²) in [6.45, 7) is 4.26. The summed E-state index contributed by atoms with van der Waals surface area (Å²) in [7, 11) is 1.68. The highest BCUT2D eigenvalue weighted by Crippen LogP contribution is 2.23. The van der Waals surface area contributed by atoms with Crippen molar-refractivity contribution in [2.45, 2.75) is 44.4 Å². The first-order valence-corrected chi connectivity index (χ1v) is 10.5. The zero-order valence-electron chi connectivity index (χ0n) is 17.0. The molecule has 7 heteroatoms. The molecule has 0 amide bonds. The van der Waals surface area contributed by atoms with Crippen LogP contribution in [0.3, 0.4) is 0 Å². The van der Waals surface area contributed by atoms with Gasteiger partial charge in [-0.25, -0.2) is 4.68 Å². The van der Waals surface area contributed by atoms with E-state index in [-0.39, 0.29) is 17.7 Å². The van der Waals surface area contributed by atoms with Gasteiger partial charge in [0.2, 0.25) is 0 Å². The molecular formula is C22H30N4O3. The molecule has 2 fully saturated rings. The molecule has 156 valence electrons. The fraction of sp³-hybridized carbons (Fsp3) is 0.545. The maximum Gasteiger partial charge on any atom is 0.269 e. The van der Waals surface area contributed by atoms with E-state index in [1.807, 2.05) is 18.3 Å². The molecule has 1 aromatic carbocycles. The van der Waals surface area contributed by atoms with Crippen molar-refractivity contribution in [3.8, 4) is 5.75 Å². The molecule has 2 saturated heterocycles. The number of ether oxygens (including phenoxy) is 1. The predicted octanol–water partition coefficient (Wildman–Crippen LogP) is 2.05. The summed E-state index contributed by atoms with van der Waals surface area (Å²) in [4.78, 5) is 17.3. The van der Waals surface area contributed by atoms with Crippen molar-refractivity contribution >= 4 is 5.69 Å². The lowest BCUT2D eigenvalue weighted by Crippen LogP contribution is -2.41. The van der Waals surface area contributed by atoms with Crippen molar-refractivity contribution in [3.05, 3.63) is 52.4 Å². The summed E-state index contributed by atoms with van der Waals surface area (Å²) >= 11 is 0. The number of aliphatic hydroxyl groups excluding tert-OH is 1. The predicted molar refractivity (Wildman–Crippen MR) is 112 cm³/mol. The molecular weight excluding hydrogens is 368 g/mol. The number of benzene rings is 1. The second-order valence-corrected chi connectivity index (χ2v) is 8.09. The quantitative estimate of drug-likeness (QED) is 0.831. The van der Waals surface area contributed by atoms with E-state index in [1.54, 1.807) is 17.9 Å². The number of aromatic nitrogens is 2. The van der Waals surface area contributed by atoms with Gasteiger partial charge in [0.05, 0.1) is 31.1 Å². The van der Waals surface area contributed by atoms with Crippen LogP contribution in [0.25, 0.3) is 0 Å². The van der Waals surface area contributed by atoms with Crippen LogP contribution in [0.5, 0.6) is 5.75 Å². The molecule has 0 bridgehead atoms. The van der Waals surface area contributed by atoms with Gasteiger partial charge in [0.25, 0.3) is 5.56 Å². The van der Waals surface area contributed by atoms with Gasteiger partial charge in [0.1, 0.15) is 5.75 Å². The number of aliphatic hydroxyl groups is 1. The largest absolute Gasteiger partial charge is 0.497 e. The minimum atomic E-state index is -0.224. The van der Waals surface area contributed by atoms with Gasteiger partial charge in [-0.05, 0) is 49.9 Å². The third-order valence-corrected chi connectivity index (χ3v) is 6.03. The molecule has 0 saturated carbocycles.